The van der Waals surface area contributed by atoms with Crippen LogP contribution in [-0.4, -0.2) is 24.5 Å². The third kappa shape index (κ3) is 2.17. The molecule has 1 saturated heterocycles. The number of hydrogen-bond acceptors (Lipinski definition) is 1. The zero-order chi connectivity index (χ0) is 10.8. The summed E-state index contributed by atoms with van der Waals surface area (Å²) >= 11 is 0. The van der Waals surface area contributed by atoms with Crippen molar-refractivity contribution in [3.63, 3.8) is 0 Å². The van der Waals surface area contributed by atoms with Crippen LogP contribution in [0.15, 0.2) is 24.3 Å². The van der Waals surface area contributed by atoms with Gasteiger partial charge in [-0.3, -0.25) is 0 Å². The summed E-state index contributed by atoms with van der Waals surface area (Å²) in [7, 11) is 0. The molecule has 1 aromatic carbocycles. The summed E-state index contributed by atoms with van der Waals surface area (Å²) in [5, 5.41) is 0. The van der Waals surface area contributed by atoms with Crippen LogP contribution in [0.1, 0.15) is 30.4 Å². The second-order valence-corrected chi connectivity index (χ2v) is 4.02. The molecule has 0 atom stereocenters. The van der Waals surface area contributed by atoms with Crippen molar-refractivity contribution >= 4 is 0 Å². The molecule has 0 bridgehead atoms. The van der Waals surface area contributed by atoms with Crippen molar-refractivity contribution in [2.75, 3.05) is 19.6 Å². The molecule has 0 aromatic heterocycles. The summed E-state index contributed by atoms with van der Waals surface area (Å²) < 4.78 is 24.9. The highest BCUT2D eigenvalue weighted by molar-refractivity contribution is 5.29. The van der Waals surface area contributed by atoms with Gasteiger partial charge in [0.1, 0.15) is 0 Å². The van der Waals surface area contributed by atoms with Crippen molar-refractivity contribution in [3.8, 4) is 0 Å². The number of alkyl halides is 2. The summed E-state index contributed by atoms with van der Waals surface area (Å²) in [5.41, 5.74) is 1.19. The summed E-state index contributed by atoms with van der Waals surface area (Å²) in [6, 6.07) is 6.81. The lowest BCUT2D eigenvalue weighted by molar-refractivity contribution is 0.148. The number of likely N-dealkylation sites (tertiary alicyclic amines) is 1. The van der Waals surface area contributed by atoms with Gasteiger partial charge in [-0.05, 0) is 18.2 Å². The van der Waals surface area contributed by atoms with E-state index >= 15 is 0 Å². The molecule has 0 N–H and O–H groups in total. The average molecular weight is 211 g/mol. The van der Waals surface area contributed by atoms with Gasteiger partial charge >= 0.3 is 0 Å². The second-order valence-electron chi connectivity index (χ2n) is 4.02. The van der Waals surface area contributed by atoms with Gasteiger partial charge in [0, 0.05) is 24.6 Å². The van der Waals surface area contributed by atoms with Crippen LogP contribution in [0.4, 0.5) is 8.78 Å². The van der Waals surface area contributed by atoms with E-state index < -0.39 is 6.43 Å². The number of benzene rings is 1. The van der Waals surface area contributed by atoms with Gasteiger partial charge in [0.2, 0.25) is 0 Å². The lowest BCUT2D eigenvalue weighted by atomic mass is 9.90. The largest absolute Gasteiger partial charge is 0.302 e. The molecule has 82 valence electrons. The molecule has 0 saturated carbocycles. The first kappa shape index (κ1) is 10.6. The van der Waals surface area contributed by atoms with Gasteiger partial charge < -0.3 is 4.90 Å². The van der Waals surface area contributed by atoms with Gasteiger partial charge in [-0.2, -0.15) is 0 Å². The molecular weight excluding hydrogens is 196 g/mol. The molecule has 0 unspecified atom stereocenters. The van der Waals surface area contributed by atoms with Gasteiger partial charge in [0.25, 0.3) is 6.43 Å². The molecule has 0 amide bonds. The van der Waals surface area contributed by atoms with E-state index in [2.05, 4.69) is 11.8 Å². The molecule has 0 aliphatic carbocycles. The highest BCUT2D eigenvalue weighted by Gasteiger charge is 2.26. The van der Waals surface area contributed by atoms with Crippen molar-refractivity contribution in [2.45, 2.75) is 19.3 Å². The molecule has 3 heteroatoms. The minimum Gasteiger partial charge on any atom is -0.302 e. The van der Waals surface area contributed by atoms with Crippen LogP contribution in [-0.2, 0) is 0 Å². The van der Waals surface area contributed by atoms with E-state index in [9.17, 15) is 8.78 Å². The van der Waals surface area contributed by atoms with Crippen molar-refractivity contribution in [1.82, 2.24) is 4.90 Å². The Morgan fingerprint density at radius 2 is 2.13 bits per heavy atom. The third-order valence-electron chi connectivity index (χ3n) is 3.04. The monoisotopic (exact) mass is 211 g/mol. The molecule has 1 fully saturated rings. The minimum absolute atomic E-state index is 0.141. The zero-order valence-corrected chi connectivity index (χ0v) is 8.79. The molecule has 1 aliphatic heterocycles. The maximum Gasteiger partial charge on any atom is 0.263 e. The molecule has 15 heavy (non-hydrogen) atoms. The average Bonchev–Trinajstić information content (AvgIpc) is 2.16. The van der Waals surface area contributed by atoms with Gasteiger partial charge in [-0.25, -0.2) is 8.78 Å². The molecule has 0 radical (unpaired) electrons. The summed E-state index contributed by atoms with van der Waals surface area (Å²) in [6.07, 6.45) is -2.35. The lowest BCUT2D eigenvalue weighted by Gasteiger charge is -2.39. The van der Waals surface area contributed by atoms with E-state index in [4.69, 9.17) is 0 Å². The lowest BCUT2D eigenvalue weighted by Crippen LogP contribution is -2.44. The Balaban J connectivity index is 2.06. The van der Waals surface area contributed by atoms with Crippen LogP contribution < -0.4 is 0 Å². The predicted molar refractivity (Wildman–Crippen MR) is 56.3 cm³/mol. The molecular formula is C12H15F2N. The van der Waals surface area contributed by atoms with Gasteiger partial charge in [0.15, 0.2) is 0 Å². The Labute approximate surface area is 88.7 Å². The smallest absolute Gasteiger partial charge is 0.263 e. The second kappa shape index (κ2) is 4.27. The summed E-state index contributed by atoms with van der Waals surface area (Å²) in [4.78, 5) is 2.31. The SMILES string of the molecule is CCN1CC(c2cccc(C(F)F)c2)C1. The fourth-order valence-corrected chi connectivity index (χ4v) is 1.99. The molecule has 1 aliphatic rings. The fourth-order valence-electron chi connectivity index (χ4n) is 1.99. The molecule has 2 rings (SSSR count). The first-order chi connectivity index (χ1) is 7.20. The van der Waals surface area contributed by atoms with Crippen molar-refractivity contribution in [3.05, 3.63) is 35.4 Å². The molecule has 1 aromatic rings. The number of halogens is 2. The van der Waals surface area contributed by atoms with E-state index in [0.717, 1.165) is 25.2 Å². The number of likely N-dealkylation sites (N-methyl/N-ethyl adjacent to an activating group) is 1. The molecule has 0 spiro atoms. The van der Waals surface area contributed by atoms with Crippen LogP contribution in [0.5, 0.6) is 0 Å². The van der Waals surface area contributed by atoms with Crippen LogP contribution in [0.2, 0.25) is 0 Å². The first-order valence-corrected chi connectivity index (χ1v) is 5.31. The molecule has 1 heterocycles. The minimum atomic E-state index is -2.35. The topological polar surface area (TPSA) is 3.24 Å². The van der Waals surface area contributed by atoms with E-state index in [1.807, 2.05) is 6.07 Å². The van der Waals surface area contributed by atoms with Gasteiger partial charge in [-0.15, -0.1) is 0 Å². The van der Waals surface area contributed by atoms with Gasteiger partial charge in [0.05, 0.1) is 0 Å². The quantitative estimate of drug-likeness (QED) is 0.742. The standard InChI is InChI=1S/C12H15F2N/c1-2-15-7-11(8-15)9-4-3-5-10(6-9)12(13)14/h3-6,11-12H,2,7-8H2,1H3. The van der Waals surface area contributed by atoms with E-state index in [1.54, 1.807) is 12.1 Å². The van der Waals surface area contributed by atoms with Crippen molar-refractivity contribution in [1.29, 1.82) is 0 Å². The Kier molecular flexibility index (Phi) is 3.00. The van der Waals surface area contributed by atoms with Crippen LogP contribution in [0.3, 0.4) is 0 Å². The highest BCUT2D eigenvalue weighted by atomic mass is 19.3. The Morgan fingerprint density at radius 3 is 2.73 bits per heavy atom. The fraction of sp³-hybridized carbons (Fsp3) is 0.500. The van der Waals surface area contributed by atoms with Crippen LogP contribution in [0.25, 0.3) is 0 Å². The first-order valence-electron chi connectivity index (χ1n) is 5.31. The van der Waals surface area contributed by atoms with Crippen LogP contribution >= 0.6 is 0 Å². The van der Waals surface area contributed by atoms with Crippen LogP contribution in [0, 0.1) is 0 Å². The Morgan fingerprint density at radius 1 is 1.40 bits per heavy atom. The Bertz CT molecular complexity index is 332. The van der Waals surface area contributed by atoms with Gasteiger partial charge in [-0.1, -0.05) is 25.1 Å². The Hall–Kier alpha value is -0.960. The number of hydrogen-bond donors (Lipinski definition) is 0. The summed E-state index contributed by atoms with van der Waals surface area (Å²) in [5.74, 6) is 0.448. The maximum absolute atomic E-state index is 12.5. The normalized spacial score (nSPS) is 18.1. The van der Waals surface area contributed by atoms with E-state index in [0.29, 0.717) is 5.92 Å². The summed E-state index contributed by atoms with van der Waals surface area (Å²) in [6.45, 7) is 5.17. The van der Waals surface area contributed by atoms with E-state index in [-0.39, 0.29) is 5.56 Å². The number of rotatable bonds is 3. The molecule has 1 nitrogen and oxygen atoms in total. The van der Waals surface area contributed by atoms with Crippen molar-refractivity contribution < 1.29 is 8.78 Å². The zero-order valence-electron chi connectivity index (χ0n) is 8.79. The predicted octanol–water partition coefficient (Wildman–Crippen LogP) is 3.04. The maximum atomic E-state index is 12.5. The highest BCUT2D eigenvalue weighted by Crippen LogP contribution is 2.29. The van der Waals surface area contributed by atoms with Crippen molar-refractivity contribution in [2.24, 2.45) is 0 Å². The number of nitrogens with zero attached hydrogens (tertiary/aromatic N) is 1. The van der Waals surface area contributed by atoms with E-state index in [1.165, 1.54) is 6.07 Å². The third-order valence-corrected chi connectivity index (χ3v) is 3.04.